The average molecular weight is 454 g/mol. The fourth-order valence-electron chi connectivity index (χ4n) is 3.16. The number of nitrogens with one attached hydrogen (secondary N) is 1. The molecule has 3 aromatic rings. The van der Waals surface area contributed by atoms with Crippen LogP contribution in [0.4, 0.5) is 11.7 Å². The average Bonchev–Trinajstić information content (AvgIpc) is 3.40. The van der Waals surface area contributed by atoms with Crippen LogP contribution in [0.3, 0.4) is 0 Å². The van der Waals surface area contributed by atoms with Crippen LogP contribution in [-0.4, -0.2) is 42.1 Å². The lowest BCUT2D eigenvalue weighted by molar-refractivity contribution is -0.121. The first kappa shape index (κ1) is 21.4. The summed E-state index contributed by atoms with van der Waals surface area (Å²) >= 11 is 0. The number of hydrogen-bond donors (Lipinski definition) is 1. The van der Waals surface area contributed by atoms with E-state index in [0.29, 0.717) is 11.3 Å². The van der Waals surface area contributed by atoms with Gasteiger partial charge < -0.3 is 4.42 Å². The van der Waals surface area contributed by atoms with E-state index in [1.54, 1.807) is 19.1 Å². The molecular weight excluding hydrogens is 436 g/mol. The number of rotatable bonds is 6. The SMILES string of the molecule is CCS(=O)(=O)c1ccc(-c2nnc(NC(=O)c3ccc(N4C(=O)CCC4=O)cc3)o2)cc1. The molecule has 1 aliphatic heterocycles. The van der Waals surface area contributed by atoms with Gasteiger partial charge in [0.15, 0.2) is 9.84 Å². The third-order valence-electron chi connectivity index (χ3n) is 4.93. The summed E-state index contributed by atoms with van der Waals surface area (Å²) in [6, 6.07) is 11.8. The van der Waals surface area contributed by atoms with E-state index in [2.05, 4.69) is 15.5 Å². The molecule has 10 nitrogen and oxygen atoms in total. The van der Waals surface area contributed by atoms with Crippen molar-refractivity contribution in [3.8, 4) is 11.5 Å². The standard InChI is InChI=1S/C21H18N4O6S/c1-2-32(29,30)16-9-5-14(6-10-16)20-23-24-21(31-20)22-19(28)13-3-7-15(8-4-13)25-17(26)11-12-18(25)27/h3-10H,2,11-12H2,1H3,(H,22,24,28). The number of hydrogen-bond acceptors (Lipinski definition) is 8. The summed E-state index contributed by atoms with van der Waals surface area (Å²) in [5, 5.41) is 10.1. The lowest BCUT2D eigenvalue weighted by Gasteiger charge is -2.13. The third kappa shape index (κ3) is 4.14. The Hall–Kier alpha value is -3.86. The van der Waals surface area contributed by atoms with Crippen molar-refractivity contribution in [1.82, 2.24) is 10.2 Å². The number of benzene rings is 2. The molecule has 1 saturated heterocycles. The fourth-order valence-corrected chi connectivity index (χ4v) is 4.04. The number of amides is 3. The Balaban J connectivity index is 1.45. The van der Waals surface area contributed by atoms with Gasteiger partial charge in [-0.25, -0.2) is 8.42 Å². The lowest BCUT2D eigenvalue weighted by atomic mass is 10.2. The molecule has 0 atom stereocenters. The van der Waals surface area contributed by atoms with Crippen molar-refractivity contribution in [3.63, 3.8) is 0 Å². The molecule has 0 spiro atoms. The number of carbonyl (C=O) groups excluding carboxylic acids is 3. The molecule has 0 unspecified atom stereocenters. The van der Waals surface area contributed by atoms with Crippen molar-refractivity contribution in [1.29, 1.82) is 0 Å². The quantitative estimate of drug-likeness (QED) is 0.560. The smallest absolute Gasteiger partial charge is 0.322 e. The van der Waals surface area contributed by atoms with Gasteiger partial charge in [-0.15, -0.1) is 5.10 Å². The highest BCUT2D eigenvalue weighted by molar-refractivity contribution is 7.91. The van der Waals surface area contributed by atoms with Gasteiger partial charge in [-0.2, -0.15) is 0 Å². The molecule has 164 valence electrons. The molecule has 0 saturated carbocycles. The van der Waals surface area contributed by atoms with Crippen molar-refractivity contribution in [3.05, 3.63) is 54.1 Å². The topological polar surface area (TPSA) is 140 Å². The zero-order valence-corrected chi connectivity index (χ0v) is 17.8. The molecule has 11 heteroatoms. The molecule has 1 aromatic heterocycles. The van der Waals surface area contributed by atoms with E-state index in [1.807, 2.05) is 0 Å². The molecule has 32 heavy (non-hydrogen) atoms. The molecule has 2 aromatic carbocycles. The van der Waals surface area contributed by atoms with Crippen LogP contribution in [0.25, 0.3) is 11.5 Å². The molecule has 1 N–H and O–H groups in total. The molecule has 1 fully saturated rings. The van der Waals surface area contributed by atoms with E-state index in [4.69, 9.17) is 4.42 Å². The molecule has 2 heterocycles. The number of anilines is 2. The van der Waals surface area contributed by atoms with Crippen molar-refractivity contribution < 1.29 is 27.2 Å². The molecule has 4 rings (SSSR count). The first-order valence-electron chi connectivity index (χ1n) is 9.72. The Morgan fingerprint density at radius 1 is 1.00 bits per heavy atom. The normalized spacial score (nSPS) is 14.1. The van der Waals surface area contributed by atoms with Crippen LogP contribution in [0.5, 0.6) is 0 Å². The van der Waals surface area contributed by atoms with Crippen molar-refractivity contribution in [2.24, 2.45) is 0 Å². The van der Waals surface area contributed by atoms with Crippen LogP contribution in [0, 0.1) is 0 Å². The summed E-state index contributed by atoms with van der Waals surface area (Å²) in [5.41, 5.74) is 1.17. The minimum Gasteiger partial charge on any atom is -0.403 e. The van der Waals surface area contributed by atoms with E-state index in [0.717, 1.165) is 4.90 Å². The fraction of sp³-hybridized carbons (Fsp3) is 0.190. The van der Waals surface area contributed by atoms with Crippen LogP contribution in [0.15, 0.2) is 57.8 Å². The van der Waals surface area contributed by atoms with Gasteiger partial charge >= 0.3 is 6.01 Å². The maximum Gasteiger partial charge on any atom is 0.322 e. The van der Waals surface area contributed by atoms with Crippen molar-refractivity contribution in [2.45, 2.75) is 24.7 Å². The second-order valence-corrected chi connectivity index (χ2v) is 9.24. The molecule has 3 amide bonds. The Labute approximate surface area is 183 Å². The van der Waals surface area contributed by atoms with E-state index in [9.17, 15) is 22.8 Å². The number of aromatic nitrogens is 2. The molecule has 0 radical (unpaired) electrons. The van der Waals surface area contributed by atoms with E-state index >= 15 is 0 Å². The maximum absolute atomic E-state index is 12.5. The van der Waals surface area contributed by atoms with Crippen molar-refractivity contribution >= 4 is 39.3 Å². The first-order chi connectivity index (χ1) is 15.3. The Kier molecular flexibility index (Phi) is 5.57. The molecule has 0 bridgehead atoms. The van der Waals surface area contributed by atoms with Gasteiger partial charge in [0.25, 0.3) is 5.91 Å². The highest BCUT2D eigenvalue weighted by Gasteiger charge is 2.30. The Morgan fingerprint density at radius 3 is 2.22 bits per heavy atom. The lowest BCUT2D eigenvalue weighted by Crippen LogP contribution is -2.28. The summed E-state index contributed by atoms with van der Waals surface area (Å²) in [6.07, 6.45) is 0.357. The van der Waals surface area contributed by atoms with Crippen LogP contribution >= 0.6 is 0 Å². The van der Waals surface area contributed by atoms with Gasteiger partial charge in [-0.05, 0) is 48.5 Å². The minimum absolute atomic E-state index is 0.00525. The summed E-state index contributed by atoms with van der Waals surface area (Å²) in [5.74, 6) is -0.955. The van der Waals surface area contributed by atoms with Gasteiger partial charge in [-0.1, -0.05) is 12.0 Å². The molecule has 0 aliphatic carbocycles. The number of nitrogens with zero attached hydrogens (tertiary/aromatic N) is 3. The number of sulfone groups is 1. The summed E-state index contributed by atoms with van der Waals surface area (Å²) in [6.45, 7) is 1.56. The zero-order chi connectivity index (χ0) is 22.9. The largest absolute Gasteiger partial charge is 0.403 e. The van der Waals surface area contributed by atoms with Crippen LogP contribution < -0.4 is 10.2 Å². The van der Waals surface area contributed by atoms with E-state index in [1.165, 1.54) is 36.4 Å². The third-order valence-corrected chi connectivity index (χ3v) is 6.68. The van der Waals surface area contributed by atoms with Crippen LogP contribution in [0.1, 0.15) is 30.1 Å². The summed E-state index contributed by atoms with van der Waals surface area (Å²) in [7, 11) is -3.32. The van der Waals surface area contributed by atoms with E-state index < -0.39 is 15.7 Å². The molecular formula is C21H18N4O6S. The summed E-state index contributed by atoms with van der Waals surface area (Å²) < 4.78 is 29.2. The second kappa shape index (κ2) is 8.35. The van der Waals surface area contributed by atoms with Gasteiger partial charge in [0.1, 0.15) is 0 Å². The predicted octanol–water partition coefficient (Wildman–Crippen LogP) is 2.44. The maximum atomic E-state index is 12.5. The minimum atomic E-state index is -3.32. The Morgan fingerprint density at radius 2 is 1.62 bits per heavy atom. The highest BCUT2D eigenvalue weighted by atomic mass is 32.2. The second-order valence-electron chi connectivity index (χ2n) is 6.96. The number of carbonyl (C=O) groups is 3. The van der Waals surface area contributed by atoms with Crippen LogP contribution in [0.2, 0.25) is 0 Å². The van der Waals surface area contributed by atoms with Gasteiger partial charge in [0.2, 0.25) is 17.7 Å². The van der Waals surface area contributed by atoms with Gasteiger partial charge in [0.05, 0.1) is 16.3 Å². The van der Waals surface area contributed by atoms with Crippen LogP contribution in [-0.2, 0) is 19.4 Å². The molecule has 1 aliphatic rings. The zero-order valence-electron chi connectivity index (χ0n) is 16.9. The van der Waals surface area contributed by atoms with Gasteiger partial charge in [-0.3, -0.25) is 24.6 Å². The summed E-state index contributed by atoms with van der Waals surface area (Å²) in [4.78, 5) is 37.4. The van der Waals surface area contributed by atoms with Crippen molar-refractivity contribution in [2.75, 3.05) is 16.0 Å². The monoisotopic (exact) mass is 454 g/mol. The highest BCUT2D eigenvalue weighted by Crippen LogP contribution is 2.24. The Bertz CT molecular complexity index is 1280. The van der Waals surface area contributed by atoms with Gasteiger partial charge in [0, 0.05) is 24.0 Å². The number of imide groups is 1. The van der Waals surface area contributed by atoms with E-state index in [-0.39, 0.29) is 52.8 Å². The first-order valence-corrected chi connectivity index (χ1v) is 11.4. The predicted molar refractivity (Wildman–Crippen MR) is 114 cm³/mol.